The lowest BCUT2D eigenvalue weighted by Crippen LogP contribution is -2.50. The summed E-state index contributed by atoms with van der Waals surface area (Å²) in [6.45, 7) is 0.701. The first-order chi connectivity index (χ1) is 14.1. The highest BCUT2D eigenvalue weighted by molar-refractivity contribution is 7.89. The third-order valence-corrected chi connectivity index (χ3v) is 6.39. The van der Waals surface area contributed by atoms with Crippen molar-refractivity contribution in [2.24, 2.45) is 0 Å². The number of nitrogens with zero attached hydrogens (tertiary/aromatic N) is 2. The average Bonchev–Trinajstić information content (AvgIpc) is 2.68. The van der Waals surface area contributed by atoms with E-state index in [1.54, 1.807) is 29.2 Å². The first-order valence-electron chi connectivity index (χ1n) is 9.07. The normalized spacial score (nSPS) is 16.2. The van der Waals surface area contributed by atoms with Gasteiger partial charge in [-0.15, -0.1) is 13.2 Å². The van der Waals surface area contributed by atoms with Gasteiger partial charge in [0.2, 0.25) is 15.9 Å². The fourth-order valence-electron chi connectivity index (χ4n) is 3.06. The molecule has 0 aromatic heterocycles. The Hall–Kier alpha value is -2.63. The monoisotopic (exact) mass is 443 g/mol. The summed E-state index contributed by atoms with van der Waals surface area (Å²) in [5.41, 5.74) is 0.657. The van der Waals surface area contributed by atoms with Crippen LogP contribution in [0.25, 0.3) is 0 Å². The number of piperazine rings is 1. The highest BCUT2D eigenvalue weighted by atomic mass is 32.2. The van der Waals surface area contributed by atoms with Crippen molar-refractivity contribution in [2.75, 3.05) is 38.0 Å². The van der Waals surface area contributed by atoms with Gasteiger partial charge in [0.1, 0.15) is 10.6 Å². The van der Waals surface area contributed by atoms with Gasteiger partial charge in [-0.1, -0.05) is 30.3 Å². The number of halogens is 3. The number of carbonyl (C=O) groups is 1. The van der Waals surface area contributed by atoms with Crippen molar-refractivity contribution in [2.45, 2.75) is 11.3 Å². The third kappa shape index (κ3) is 5.71. The lowest BCUT2D eigenvalue weighted by atomic mass is 10.3. The number of alkyl halides is 3. The van der Waals surface area contributed by atoms with Gasteiger partial charge in [0.25, 0.3) is 0 Å². The first-order valence-corrected chi connectivity index (χ1v) is 10.5. The van der Waals surface area contributed by atoms with Crippen molar-refractivity contribution in [3.8, 4) is 5.75 Å². The molecule has 11 heteroatoms. The van der Waals surface area contributed by atoms with E-state index in [1.807, 2.05) is 6.07 Å². The maximum atomic E-state index is 12.8. The summed E-state index contributed by atoms with van der Waals surface area (Å²) >= 11 is 0. The molecule has 0 bridgehead atoms. The zero-order chi connectivity index (χ0) is 21.8. The standard InChI is InChI=1S/C19H20F3N3O4S/c20-19(21,22)29-16-8-4-5-9-17(16)30(27,28)25-12-10-24(11-13-25)14-18(26)23-15-6-2-1-3-7-15/h1-9H,10-14H2,(H,23,26). The summed E-state index contributed by atoms with van der Waals surface area (Å²) in [6.07, 6.45) is -5.00. The predicted octanol–water partition coefficient (Wildman–Crippen LogP) is 2.53. The minimum Gasteiger partial charge on any atom is -0.404 e. The highest BCUT2D eigenvalue weighted by Gasteiger charge is 2.36. The van der Waals surface area contributed by atoms with Crippen LogP contribution < -0.4 is 10.1 Å². The maximum absolute atomic E-state index is 12.8. The van der Waals surface area contributed by atoms with Crippen molar-refractivity contribution < 1.29 is 31.1 Å². The minimum atomic E-state index is -5.00. The van der Waals surface area contributed by atoms with Gasteiger partial charge in [0, 0.05) is 31.9 Å². The Kier molecular flexibility index (Phi) is 6.64. The van der Waals surface area contributed by atoms with Gasteiger partial charge >= 0.3 is 6.36 Å². The molecular weight excluding hydrogens is 423 g/mol. The molecule has 1 aliphatic heterocycles. The number of para-hydroxylation sites is 2. The van der Waals surface area contributed by atoms with Crippen molar-refractivity contribution in [3.05, 3.63) is 54.6 Å². The molecule has 162 valence electrons. The quantitative estimate of drug-likeness (QED) is 0.743. The van der Waals surface area contributed by atoms with Crippen molar-refractivity contribution in [1.29, 1.82) is 0 Å². The molecule has 0 unspecified atom stereocenters. The van der Waals surface area contributed by atoms with Crippen LogP contribution in [0.5, 0.6) is 5.75 Å². The summed E-state index contributed by atoms with van der Waals surface area (Å²) in [5, 5.41) is 2.75. The van der Waals surface area contributed by atoms with Gasteiger partial charge in [-0.25, -0.2) is 8.42 Å². The number of rotatable bonds is 6. The summed E-state index contributed by atoms with van der Waals surface area (Å²) in [7, 11) is -4.18. The summed E-state index contributed by atoms with van der Waals surface area (Å²) in [4.78, 5) is 13.4. The van der Waals surface area contributed by atoms with Crippen LogP contribution in [-0.4, -0.2) is 62.6 Å². The van der Waals surface area contributed by atoms with Crippen LogP contribution in [0.4, 0.5) is 18.9 Å². The molecule has 0 radical (unpaired) electrons. The minimum absolute atomic E-state index is 0.0430. The molecule has 30 heavy (non-hydrogen) atoms. The number of carbonyl (C=O) groups excluding carboxylic acids is 1. The Balaban J connectivity index is 1.61. The average molecular weight is 443 g/mol. The smallest absolute Gasteiger partial charge is 0.404 e. The largest absolute Gasteiger partial charge is 0.573 e. The first kappa shape index (κ1) is 22.1. The molecule has 1 N–H and O–H groups in total. The molecule has 1 heterocycles. The van der Waals surface area contributed by atoms with Crippen LogP contribution in [0.2, 0.25) is 0 Å². The van der Waals surface area contributed by atoms with Gasteiger partial charge in [-0.2, -0.15) is 4.31 Å². The number of sulfonamides is 1. The number of benzene rings is 2. The van der Waals surface area contributed by atoms with Crippen molar-refractivity contribution in [3.63, 3.8) is 0 Å². The maximum Gasteiger partial charge on any atom is 0.573 e. The Morgan fingerprint density at radius 2 is 1.57 bits per heavy atom. The molecule has 1 amide bonds. The van der Waals surface area contributed by atoms with Gasteiger partial charge in [0.15, 0.2) is 0 Å². The molecule has 0 atom stereocenters. The second kappa shape index (κ2) is 9.02. The van der Waals surface area contributed by atoms with Gasteiger partial charge in [0.05, 0.1) is 6.54 Å². The Labute approximate surface area is 172 Å². The molecule has 0 saturated carbocycles. The lowest BCUT2D eigenvalue weighted by Gasteiger charge is -2.33. The van der Waals surface area contributed by atoms with E-state index in [9.17, 15) is 26.4 Å². The van der Waals surface area contributed by atoms with E-state index in [4.69, 9.17) is 0 Å². The number of amides is 1. The SMILES string of the molecule is O=C(CN1CCN(S(=O)(=O)c2ccccc2OC(F)(F)F)CC1)Nc1ccccc1. The zero-order valence-corrected chi connectivity index (χ0v) is 16.6. The summed E-state index contributed by atoms with van der Waals surface area (Å²) in [6, 6.07) is 13.6. The van der Waals surface area contributed by atoms with Crippen LogP contribution in [0.1, 0.15) is 0 Å². The fraction of sp³-hybridized carbons (Fsp3) is 0.316. The second-order valence-corrected chi connectivity index (χ2v) is 8.50. The molecule has 0 spiro atoms. The molecule has 0 aliphatic carbocycles. The van der Waals surface area contributed by atoms with Crippen LogP contribution in [0.15, 0.2) is 59.5 Å². The number of nitrogens with one attached hydrogen (secondary N) is 1. The number of anilines is 1. The molecule has 1 aliphatic rings. The van der Waals surface area contributed by atoms with Crippen molar-refractivity contribution in [1.82, 2.24) is 9.21 Å². The highest BCUT2D eigenvalue weighted by Crippen LogP contribution is 2.31. The van der Waals surface area contributed by atoms with E-state index in [0.29, 0.717) is 5.69 Å². The van der Waals surface area contributed by atoms with E-state index in [0.717, 1.165) is 16.4 Å². The lowest BCUT2D eigenvalue weighted by molar-refractivity contribution is -0.275. The Morgan fingerprint density at radius 3 is 2.20 bits per heavy atom. The summed E-state index contributed by atoms with van der Waals surface area (Å²) < 4.78 is 68.5. The topological polar surface area (TPSA) is 79.0 Å². The fourth-order valence-corrected chi connectivity index (χ4v) is 4.60. The molecule has 3 rings (SSSR count). The van der Waals surface area contributed by atoms with Crippen molar-refractivity contribution >= 4 is 21.6 Å². The molecule has 1 fully saturated rings. The van der Waals surface area contributed by atoms with E-state index < -0.39 is 27.0 Å². The molecule has 1 saturated heterocycles. The van der Waals surface area contributed by atoms with E-state index in [2.05, 4.69) is 10.1 Å². The van der Waals surface area contributed by atoms with E-state index >= 15 is 0 Å². The van der Waals surface area contributed by atoms with Gasteiger partial charge in [-0.05, 0) is 24.3 Å². The third-order valence-electron chi connectivity index (χ3n) is 4.45. The number of hydrogen-bond donors (Lipinski definition) is 1. The molecule has 2 aromatic carbocycles. The predicted molar refractivity (Wildman–Crippen MR) is 103 cm³/mol. The Bertz CT molecular complexity index is 976. The summed E-state index contributed by atoms with van der Waals surface area (Å²) in [5.74, 6) is -1.00. The zero-order valence-electron chi connectivity index (χ0n) is 15.8. The Morgan fingerprint density at radius 1 is 0.967 bits per heavy atom. The molecule has 7 nitrogen and oxygen atoms in total. The van der Waals surface area contributed by atoms with Gasteiger partial charge in [-0.3, -0.25) is 9.69 Å². The van der Waals surface area contributed by atoms with Gasteiger partial charge < -0.3 is 10.1 Å². The van der Waals surface area contributed by atoms with E-state index in [-0.39, 0.29) is 38.6 Å². The van der Waals surface area contributed by atoms with Crippen LogP contribution in [0.3, 0.4) is 0 Å². The van der Waals surface area contributed by atoms with Crippen LogP contribution >= 0.6 is 0 Å². The molecule has 2 aromatic rings. The van der Waals surface area contributed by atoms with E-state index in [1.165, 1.54) is 12.1 Å². The number of ether oxygens (including phenoxy) is 1. The number of hydrogen-bond acceptors (Lipinski definition) is 5. The molecular formula is C19H20F3N3O4S. The second-order valence-electron chi connectivity index (χ2n) is 6.59. The van der Waals surface area contributed by atoms with Crippen LogP contribution in [0, 0.1) is 0 Å². The van der Waals surface area contributed by atoms with Crippen LogP contribution in [-0.2, 0) is 14.8 Å².